The second kappa shape index (κ2) is 6.02. The summed E-state index contributed by atoms with van der Waals surface area (Å²) in [5, 5.41) is 12.7. The molecular weight excluding hydrogens is 228 g/mol. The predicted octanol–water partition coefficient (Wildman–Crippen LogP) is 1.56. The van der Waals surface area contributed by atoms with Crippen LogP contribution < -0.4 is 5.32 Å². The predicted molar refractivity (Wildman–Crippen MR) is 71.6 cm³/mol. The molecule has 0 amide bonds. The molecule has 2 saturated heterocycles. The van der Waals surface area contributed by atoms with Crippen molar-refractivity contribution >= 4 is 5.97 Å². The average molecular weight is 254 g/mol. The van der Waals surface area contributed by atoms with Crippen molar-refractivity contribution in [3.63, 3.8) is 0 Å². The van der Waals surface area contributed by atoms with Crippen molar-refractivity contribution < 1.29 is 9.90 Å². The van der Waals surface area contributed by atoms with Crippen molar-refractivity contribution in [2.45, 2.75) is 51.6 Å². The maximum Gasteiger partial charge on any atom is 0.307 e. The van der Waals surface area contributed by atoms with Gasteiger partial charge in [-0.05, 0) is 51.6 Å². The first kappa shape index (κ1) is 13.8. The Morgan fingerprint density at radius 3 is 2.72 bits per heavy atom. The molecule has 2 N–H and O–H groups in total. The van der Waals surface area contributed by atoms with Crippen molar-refractivity contribution in [2.24, 2.45) is 11.8 Å². The van der Waals surface area contributed by atoms with Gasteiger partial charge in [0, 0.05) is 18.6 Å². The minimum Gasteiger partial charge on any atom is -0.481 e. The van der Waals surface area contributed by atoms with Gasteiger partial charge < -0.3 is 10.4 Å². The molecule has 0 spiro atoms. The number of rotatable bonds is 4. The number of carbonyl (C=O) groups is 1. The maximum atomic E-state index is 11.1. The van der Waals surface area contributed by atoms with E-state index in [0.29, 0.717) is 12.0 Å². The van der Waals surface area contributed by atoms with Gasteiger partial charge in [0.2, 0.25) is 0 Å². The van der Waals surface area contributed by atoms with Crippen molar-refractivity contribution in [3.05, 3.63) is 0 Å². The van der Waals surface area contributed by atoms with E-state index in [0.717, 1.165) is 19.6 Å². The number of carboxylic acids is 1. The first-order valence-corrected chi connectivity index (χ1v) is 7.30. The molecule has 2 heterocycles. The summed E-state index contributed by atoms with van der Waals surface area (Å²) in [7, 11) is 0. The first-order chi connectivity index (χ1) is 8.59. The van der Waals surface area contributed by atoms with Crippen LogP contribution in [0.5, 0.6) is 0 Å². The molecule has 18 heavy (non-hydrogen) atoms. The molecule has 0 aromatic carbocycles. The van der Waals surface area contributed by atoms with Gasteiger partial charge in [-0.15, -0.1) is 0 Å². The Morgan fingerprint density at radius 2 is 2.11 bits per heavy atom. The lowest BCUT2D eigenvalue weighted by atomic mass is 9.88. The van der Waals surface area contributed by atoms with Crippen LogP contribution in [-0.4, -0.2) is 47.7 Å². The van der Waals surface area contributed by atoms with Crippen molar-refractivity contribution in [3.8, 4) is 0 Å². The molecule has 4 heteroatoms. The Bertz CT molecular complexity index is 290. The Hall–Kier alpha value is -0.610. The quantitative estimate of drug-likeness (QED) is 0.799. The summed E-state index contributed by atoms with van der Waals surface area (Å²) in [6.45, 7) is 7.16. The van der Waals surface area contributed by atoms with Gasteiger partial charge in [0.15, 0.2) is 0 Å². The monoisotopic (exact) mass is 254 g/mol. The Morgan fingerprint density at radius 1 is 1.33 bits per heavy atom. The largest absolute Gasteiger partial charge is 0.481 e. The van der Waals surface area contributed by atoms with Crippen LogP contribution in [0.25, 0.3) is 0 Å². The average Bonchev–Trinajstić information content (AvgIpc) is 2.91. The molecule has 0 aromatic heterocycles. The summed E-state index contributed by atoms with van der Waals surface area (Å²) >= 11 is 0. The van der Waals surface area contributed by atoms with Gasteiger partial charge in [-0.25, -0.2) is 0 Å². The summed E-state index contributed by atoms with van der Waals surface area (Å²) in [6.07, 6.45) is 5.09. The number of nitrogens with one attached hydrogen (secondary N) is 1. The van der Waals surface area contributed by atoms with E-state index in [2.05, 4.69) is 17.1 Å². The number of likely N-dealkylation sites (tertiary alicyclic amines) is 1. The molecule has 0 radical (unpaired) electrons. The zero-order valence-corrected chi connectivity index (χ0v) is 11.6. The third-order valence-corrected chi connectivity index (χ3v) is 4.85. The smallest absolute Gasteiger partial charge is 0.307 e. The van der Waals surface area contributed by atoms with Crippen LogP contribution in [0.15, 0.2) is 0 Å². The van der Waals surface area contributed by atoms with Crippen LogP contribution in [0.2, 0.25) is 0 Å². The van der Waals surface area contributed by atoms with Crippen molar-refractivity contribution in [1.29, 1.82) is 0 Å². The molecule has 0 aliphatic carbocycles. The number of carboxylic acid groups (broad SMARTS) is 1. The molecule has 0 bridgehead atoms. The number of hydrogen-bond acceptors (Lipinski definition) is 3. The molecule has 0 aromatic rings. The fourth-order valence-corrected chi connectivity index (χ4v) is 3.38. The molecule has 4 unspecified atom stereocenters. The van der Waals surface area contributed by atoms with Crippen LogP contribution in [-0.2, 0) is 4.79 Å². The SMILES string of the molecule is CC(C(=O)O)C(C)N1CCCC(C2CCCN2)C1. The highest BCUT2D eigenvalue weighted by Crippen LogP contribution is 2.27. The highest BCUT2D eigenvalue weighted by Gasteiger charge is 2.33. The summed E-state index contributed by atoms with van der Waals surface area (Å²) in [5.41, 5.74) is 0. The lowest BCUT2D eigenvalue weighted by molar-refractivity contribution is -0.143. The maximum absolute atomic E-state index is 11.1. The Balaban J connectivity index is 1.91. The fourth-order valence-electron chi connectivity index (χ4n) is 3.38. The van der Waals surface area contributed by atoms with E-state index >= 15 is 0 Å². The van der Waals surface area contributed by atoms with Crippen molar-refractivity contribution in [1.82, 2.24) is 10.2 Å². The van der Waals surface area contributed by atoms with Gasteiger partial charge >= 0.3 is 5.97 Å². The molecule has 4 nitrogen and oxygen atoms in total. The lowest BCUT2D eigenvalue weighted by Crippen LogP contribution is -2.49. The van der Waals surface area contributed by atoms with E-state index in [1.165, 1.54) is 25.7 Å². The number of hydrogen-bond donors (Lipinski definition) is 2. The van der Waals surface area contributed by atoms with Gasteiger partial charge in [0.1, 0.15) is 0 Å². The normalized spacial score (nSPS) is 33.2. The first-order valence-electron chi connectivity index (χ1n) is 7.30. The fraction of sp³-hybridized carbons (Fsp3) is 0.929. The summed E-state index contributed by atoms with van der Waals surface area (Å²) in [5.74, 6) is -0.242. The van der Waals surface area contributed by atoms with Gasteiger partial charge in [-0.2, -0.15) is 0 Å². The third kappa shape index (κ3) is 3.04. The van der Waals surface area contributed by atoms with Crippen LogP contribution in [0.4, 0.5) is 0 Å². The topological polar surface area (TPSA) is 52.6 Å². The standard InChI is InChI=1S/C14H26N2O2/c1-10(14(17)18)11(2)16-8-4-5-12(9-16)13-6-3-7-15-13/h10-13,15H,3-9H2,1-2H3,(H,17,18). The van der Waals surface area contributed by atoms with E-state index < -0.39 is 5.97 Å². The van der Waals surface area contributed by atoms with E-state index in [-0.39, 0.29) is 12.0 Å². The van der Waals surface area contributed by atoms with Crippen molar-refractivity contribution in [2.75, 3.05) is 19.6 Å². The Kier molecular flexibility index (Phi) is 4.62. The molecule has 2 aliphatic rings. The number of piperidine rings is 1. The molecule has 2 rings (SSSR count). The summed E-state index contributed by atoms with van der Waals surface area (Å²) < 4.78 is 0. The zero-order chi connectivity index (χ0) is 13.1. The van der Waals surface area contributed by atoms with E-state index in [1.54, 1.807) is 0 Å². The van der Waals surface area contributed by atoms with Crippen LogP contribution >= 0.6 is 0 Å². The minimum atomic E-state index is -0.677. The van der Waals surface area contributed by atoms with Crippen LogP contribution in [0.3, 0.4) is 0 Å². The highest BCUT2D eigenvalue weighted by molar-refractivity contribution is 5.70. The minimum absolute atomic E-state index is 0.145. The molecule has 2 aliphatic heterocycles. The lowest BCUT2D eigenvalue weighted by Gasteiger charge is -2.40. The Labute approximate surface area is 110 Å². The summed E-state index contributed by atoms with van der Waals surface area (Å²) in [4.78, 5) is 13.5. The molecule has 0 saturated carbocycles. The van der Waals surface area contributed by atoms with Gasteiger partial charge in [-0.1, -0.05) is 6.92 Å². The van der Waals surface area contributed by atoms with E-state index in [9.17, 15) is 4.79 Å². The number of aliphatic carboxylic acids is 1. The van der Waals surface area contributed by atoms with E-state index in [1.807, 2.05) is 6.92 Å². The zero-order valence-electron chi connectivity index (χ0n) is 11.6. The van der Waals surface area contributed by atoms with Gasteiger partial charge in [-0.3, -0.25) is 9.69 Å². The van der Waals surface area contributed by atoms with Gasteiger partial charge in [0.25, 0.3) is 0 Å². The molecule has 4 atom stereocenters. The summed E-state index contributed by atoms with van der Waals surface area (Å²) in [6, 6.07) is 0.812. The second-order valence-electron chi connectivity index (χ2n) is 5.97. The number of nitrogens with zero attached hydrogens (tertiary/aromatic N) is 1. The van der Waals surface area contributed by atoms with Crippen LogP contribution in [0, 0.1) is 11.8 Å². The highest BCUT2D eigenvalue weighted by atomic mass is 16.4. The van der Waals surface area contributed by atoms with Gasteiger partial charge in [0.05, 0.1) is 5.92 Å². The molecule has 2 fully saturated rings. The molecular formula is C14H26N2O2. The van der Waals surface area contributed by atoms with Crippen LogP contribution in [0.1, 0.15) is 39.5 Å². The third-order valence-electron chi connectivity index (χ3n) is 4.85. The second-order valence-corrected chi connectivity index (χ2v) is 5.97. The molecule has 104 valence electrons. The van der Waals surface area contributed by atoms with E-state index in [4.69, 9.17) is 5.11 Å².